The molecule has 0 spiro atoms. The second kappa shape index (κ2) is 23.4. The first kappa shape index (κ1) is 34.5. The van der Waals surface area contributed by atoms with Gasteiger partial charge in [0.2, 0.25) is 0 Å². The van der Waals surface area contributed by atoms with Gasteiger partial charge < -0.3 is 4.74 Å². The maximum atomic E-state index is 11.2. The lowest BCUT2D eigenvalue weighted by atomic mass is 9.83. The van der Waals surface area contributed by atoms with Crippen LogP contribution >= 0.6 is 0 Å². The first-order valence-electron chi connectivity index (χ1n) is 45.7. The Morgan fingerprint density at radius 3 is 1.76 bits per heavy atom. The summed E-state index contributed by atoms with van der Waals surface area (Å²) in [7, 11) is -6.50. The van der Waals surface area contributed by atoms with Crippen molar-refractivity contribution in [3.05, 3.63) is 344 Å². The van der Waals surface area contributed by atoms with Gasteiger partial charge in [0.1, 0.15) is 17.3 Å². The van der Waals surface area contributed by atoms with Gasteiger partial charge in [-0.3, -0.25) is 13.7 Å². The van der Waals surface area contributed by atoms with Crippen molar-refractivity contribution < 1.29 is 50.4 Å². The lowest BCUT2D eigenvalue weighted by Crippen LogP contribution is -2.74. The summed E-state index contributed by atoms with van der Waals surface area (Å²) in [6.45, 7) is 0.199. The van der Waals surface area contributed by atoms with Crippen LogP contribution in [0.15, 0.2) is 321 Å². The van der Waals surface area contributed by atoms with Crippen molar-refractivity contribution in [1.29, 1.82) is 0 Å². The zero-order valence-corrected chi connectivity index (χ0v) is 52.4. The topological polar surface area (TPSA) is 35.9 Å². The summed E-state index contributed by atoms with van der Waals surface area (Å²) >= 11 is 0. The first-order valence-corrected chi connectivity index (χ1v) is 32.7. The van der Waals surface area contributed by atoms with Crippen LogP contribution in [0.25, 0.3) is 117 Å². The number of para-hydroxylation sites is 2. The Bertz CT molecular complexity index is 7160. The average Bonchev–Trinajstić information content (AvgIpc) is 0.916. The summed E-state index contributed by atoms with van der Waals surface area (Å²) in [5.74, 6) is 1.17. The summed E-state index contributed by atoms with van der Waals surface area (Å²) in [5.41, 5.74) is 1.25. The molecule has 96 heavy (non-hydrogen) atoms. The molecule has 4 heterocycles. The maximum Gasteiger partial charge on any atom is 0.269 e. The Kier molecular flexibility index (Phi) is 8.39. The highest BCUT2D eigenvalue weighted by atomic mass is 28.3. The summed E-state index contributed by atoms with van der Waals surface area (Å²) in [4.78, 5) is 4.88. The standard InChI is InChI=1S/C90H68N4OSi/c1-60-27-22-28-61(2)86(60)80-47-26-46-79-78-45-25-44-73(62-29-10-6-11-30-62)87(78)77-43-19-18-41-74(77)81-54-64(63-31-23-40-72(53-63)96(69-34-12-7-13-35-69,70-36-14-8-15-37-70)71-38-16-9-17-39-71)55-84-89(81)93(88(79)80)59-92(84)66-32-24-33-67(57-66)95-68-49-50-76-75-42-20-21-48-82(75)94(83(76)58-68)85-56-65(51-52-91-85)90(3,4)5/h6-58H,1-5H3/i1D3,2D3,6D,7D,8D,9D,10D,11D,12D,13D,14D,15D,16D,17D,23D,29D,30D,31D,34D,35D,36D,37D,38D,39D,40D,53D. The molecule has 16 aromatic rings. The van der Waals surface area contributed by atoms with E-state index in [0.717, 1.165) is 27.4 Å². The van der Waals surface area contributed by atoms with Crippen LogP contribution in [0.3, 0.4) is 0 Å². The third kappa shape index (κ3) is 9.66. The second-order valence-corrected chi connectivity index (χ2v) is 27.6. The SMILES string of the molecule is [2H]c1c([2H])c([2H])c(-c2cccc3c2-c2ccccc2-c2cc(-c4c([2H])c([2H])c([2H])c([Si](c5c([2H])c([2H])c([2H])c([2H])c5[2H])(c5c([2H])c([2H])c([2H])c([2H])c5[2H])c5c([2H])c([2H])c([2H])c([2H])c5[2H])c4[2H])cc4c2[n+]([c-]n4-c2cccc(Oc4ccc5c6ccccc6n(-c6cc(C(C)(C)C)ccn6)c5c4)c2)-c2c-3cccc2-c2c(C([2H])([2H])[2H])cccc2C([2H])([2H])[2H])c([2H])c1[2H]. The number of hydrogen-bond acceptors (Lipinski definition) is 2. The highest BCUT2D eigenvalue weighted by Crippen LogP contribution is 2.50. The average molecular weight is 1280 g/mol. The number of aryl methyl sites for hydroxylation is 2. The van der Waals surface area contributed by atoms with E-state index in [0.29, 0.717) is 11.6 Å². The van der Waals surface area contributed by atoms with Crippen molar-refractivity contribution in [1.82, 2.24) is 14.1 Å². The molecule has 6 heteroatoms. The van der Waals surface area contributed by atoms with E-state index in [1.807, 2.05) is 53.1 Å². The van der Waals surface area contributed by atoms with Gasteiger partial charge in [0.05, 0.1) is 66.3 Å². The molecular formula is C90H68N4OSi. The number of benzene rings is 13. The molecule has 0 radical (unpaired) electrons. The van der Waals surface area contributed by atoms with Crippen molar-refractivity contribution >= 4 is 61.7 Å². The molecule has 0 fully saturated rings. The highest BCUT2D eigenvalue weighted by Gasteiger charge is 2.42. The van der Waals surface area contributed by atoms with Gasteiger partial charge in [0, 0.05) is 31.3 Å². The third-order valence-electron chi connectivity index (χ3n) is 17.7. The number of rotatable bonds is 11. The largest absolute Gasteiger partial charge is 0.458 e. The quantitative estimate of drug-likeness (QED) is 0.0560. The minimum Gasteiger partial charge on any atom is -0.458 e. The summed E-state index contributed by atoms with van der Waals surface area (Å²) < 4.78 is 298. The summed E-state index contributed by atoms with van der Waals surface area (Å²) in [5, 5.41) is -2.51. The maximum absolute atomic E-state index is 11.2. The minimum atomic E-state index is -6.50. The molecule has 458 valence electrons. The van der Waals surface area contributed by atoms with Gasteiger partial charge in [-0.2, -0.15) is 0 Å². The molecule has 0 N–H and O–H groups in total. The van der Waals surface area contributed by atoms with Crippen LogP contribution in [-0.2, 0) is 5.41 Å². The van der Waals surface area contributed by atoms with Crippen molar-refractivity contribution in [3.63, 3.8) is 0 Å². The summed E-state index contributed by atoms with van der Waals surface area (Å²) in [6.07, 6.45) is 5.34. The summed E-state index contributed by atoms with van der Waals surface area (Å²) in [6, 6.07) is 21.6. The molecule has 0 bridgehead atoms. The Balaban J connectivity index is 1.06. The number of pyridine rings is 1. The monoisotopic (exact) mass is 1280 g/mol. The molecule has 0 saturated carbocycles. The number of hydrogen-bond donors (Lipinski definition) is 0. The van der Waals surface area contributed by atoms with Gasteiger partial charge in [0.15, 0.2) is 8.07 Å². The molecule has 13 aromatic carbocycles. The smallest absolute Gasteiger partial charge is 0.269 e. The van der Waals surface area contributed by atoms with E-state index in [2.05, 4.69) is 27.1 Å². The molecule has 0 aliphatic carbocycles. The fourth-order valence-corrected chi connectivity index (χ4v) is 17.0. The molecule has 5 nitrogen and oxygen atoms in total. The van der Waals surface area contributed by atoms with Crippen molar-refractivity contribution in [2.75, 3.05) is 0 Å². The van der Waals surface area contributed by atoms with E-state index in [9.17, 15) is 32.9 Å². The second-order valence-electron chi connectivity index (χ2n) is 24.1. The third-order valence-corrected chi connectivity index (χ3v) is 21.7. The van der Waals surface area contributed by atoms with Crippen LogP contribution in [-0.4, -0.2) is 22.2 Å². The minimum absolute atomic E-state index is 0.00437. The number of imidazole rings is 1. The van der Waals surface area contributed by atoms with Gasteiger partial charge in [-0.05, 0) is 178 Å². The van der Waals surface area contributed by atoms with Crippen LogP contribution in [0.4, 0.5) is 0 Å². The lowest BCUT2D eigenvalue weighted by Gasteiger charge is -2.34. The van der Waals surface area contributed by atoms with Crippen LogP contribution in [0.5, 0.6) is 11.5 Å². The molecule has 0 atom stereocenters. The van der Waals surface area contributed by atoms with Crippen LogP contribution < -0.4 is 30.1 Å². The van der Waals surface area contributed by atoms with E-state index in [1.165, 1.54) is 41.0 Å². The zero-order valence-electron chi connectivity index (χ0n) is 81.4. The lowest BCUT2D eigenvalue weighted by molar-refractivity contribution is -0.570. The van der Waals surface area contributed by atoms with E-state index in [-0.39, 0.29) is 94.8 Å². The molecule has 1 aliphatic rings. The first-order chi connectivity index (χ1) is 59.5. The van der Waals surface area contributed by atoms with Crippen LogP contribution in [0, 0.1) is 20.0 Å². The number of fused-ring (bicyclic) bond motifs is 10. The predicted molar refractivity (Wildman–Crippen MR) is 400 cm³/mol. The predicted octanol–water partition coefficient (Wildman–Crippen LogP) is 19.6. The Labute approximate surface area is 603 Å². The van der Waals surface area contributed by atoms with Crippen LogP contribution in [0.2, 0.25) is 0 Å². The van der Waals surface area contributed by atoms with E-state index < -0.39 is 204 Å². The molecule has 3 aromatic heterocycles. The van der Waals surface area contributed by atoms with Crippen molar-refractivity contribution in [2.45, 2.75) is 39.9 Å². The van der Waals surface area contributed by atoms with Gasteiger partial charge in [-0.25, -0.2) is 4.98 Å². The fraction of sp³-hybridized carbons (Fsp3) is 0.0667. The van der Waals surface area contributed by atoms with Gasteiger partial charge in [0.25, 0.3) is 6.33 Å². The van der Waals surface area contributed by atoms with Crippen molar-refractivity contribution in [2.24, 2.45) is 0 Å². The fourth-order valence-electron chi connectivity index (χ4n) is 13.4. The highest BCUT2D eigenvalue weighted by molar-refractivity contribution is 7.20. The number of aromatic nitrogens is 4. The molecule has 1 aliphatic heterocycles. The van der Waals surface area contributed by atoms with E-state index >= 15 is 0 Å². The zero-order chi connectivity index (χ0) is 90.5. The van der Waals surface area contributed by atoms with Crippen molar-refractivity contribution in [3.8, 4) is 95.5 Å². The number of nitrogens with zero attached hydrogens (tertiary/aromatic N) is 4. The normalized spacial score (nSPS) is 16.7. The van der Waals surface area contributed by atoms with Gasteiger partial charge in [-0.15, -0.1) is 0 Å². The Morgan fingerprint density at radius 1 is 0.448 bits per heavy atom. The Hall–Kier alpha value is -11.7. The molecule has 0 amide bonds. The molecule has 17 rings (SSSR count). The number of ether oxygens (including phenoxy) is 1. The Morgan fingerprint density at radius 2 is 1.04 bits per heavy atom. The van der Waals surface area contributed by atoms with E-state index in [1.54, 1.807) is 95.7 Å². The van der Waals surface area contributed by atoms with Crippen LogP contribution in [0.1, 0.15) is 78.6 Å². The molecule has 0 saturated heterocycles. The van der Waals surface area contributed by atoms with Gasteiger partial charge in [-0.1, -0.05) is 275 Å². The van der Waals surface area contributed by atoms with Gasteiger partial charge >= 0.3 is 0 Å². The molecular weight excluding hydrogens is 1180 g/mol. The van der Waals surface area contributed by atoms with E-state index in [4.69, 9.17) is 17.9 Å². The molecule has 0 unspecified atom stereocenters.